The Hall–Kier alpha value is -3.08. The Morgan fingerprint density at radius 1 is 1.15 bits per heavy atom. The zero-order valence-electron chi connectivity index (χ0n) is 14.8. The Kier molecular flexibility index (Phi) is 3.99. The van der Waals surface area contributed by atoms with Crippen molar-refractivity contribution in [2.75, 3.05) is 11.4 Å². The number of para-hydroxylation sites is 1. The molecule has 0 aliphatic carbocycles. The zero-order valence-corrected chi connectivity index (χ0v) is 14.8. The van der Waals surface area contributed by atoms with Crippen molar-refractivity contribution in [1.29, 1.82) is 0 Å². The maximum atomic E-state index is 12.6. The fraction of sp³-hybridized carbons (Fsp3) is 0.238. The summed E-state index contributed by atoms with van der Waals surface area (Å²) in [6.07, 6.45) is 0.773. The van der Waals surface area contributed by atoms with E-state index in [4.69, 9.17) is 4.42 Å². The van der Waals surface area contributed by atoms with Crippen LogP contribution in [0.15, 0.2) is 52.9 Å². The number of amides is 2. The number of furan rings is 1. The second-order valence-corrected chi connectivity index (χ2v) is 6.65. The van der Waals surface area contributed by atoms with Gasteiger partial charge >= 0.3 is 0 Å². The molecule has 0 fully saturated rings. The number of hydrogen-bond acceptors (Lipinski definition) is 3. The second-order valence-electron chi connectivity index (χ2n) is 6.65. The minimum atomic E-state index is -0.239. The Bertz CT molecular complexity index is 972. The van der Waals surface area contributed by atoms with Crippen LogP contribution in [-0.4, -0.2) is 18.4 Å². The first-order chi connectivity index (χ1) is 12.5. The van der Waals surface area contributed by atoms with E-state index in [0.717, 1.165) is 34.4 Å². The number of rotatable bonds is 3. The second kappa shape index (κ2) is 6.33. The normalized spacial score (nSPS) is 14.3. The van der Waals surface area contributed by atoms with Gasteiger partial charge in [0.05, 0.1) is 6.04 Å². The molecule has 0 saturated heterocycles. The number of benzene rings is 2. The predicted octanol–water partition coefficient (Wildman–Crippen LogP) is 3.83. The third-order valence-corrected chi connectivity index (χ3v) is 4.84. The molecule has 2 heterocycles. The number of fused-ring (bicyclic) bond motifs is 2. The van der Waals surface area contributed by atoms with Crippen LogP contribution < -0.4 is 10.2 Å². The van der Waals surface area contributed by atoms with Crippen LogP contribution >= 0.6 is 0 Å². The van der Waals surface area contributed by atoms with Crippen molar-refractivity contribution in [2.24, 2.45) is 0 Å². The van der Waals surface area contributed by atoms with Gasteiger partial charge < -0.3 is 14.6 Å². The van der Waals surface area contributed by atoms with Gasteiger partial charge in [-0.1, -0.05) is 18.2 Å². The lowest BCUT2D eigenvalue weighted by atomic mass is 10.1. The van der Waals surface area contributed by atoms with Gasteiger partial charge in [-0.05, 0) is 49.2 Å². The molecule has 1 aliphatic rings. The highest BCUT2D eigenvalue weighted by Gasteiger charge is 2.23. The summed E-state index contributed by atoms with van der Waals surface area (Å²) in [6, 6.07) is 15.0. The highest BCUT2D eigenvalue weighted by atomic mass is 16.3. The summed E-state index contributed by atoms with van der Waals surface area (Å²) in [6.45, 7) is 4.14. The van der Waals surface area contributed by atoms with Crippen molar-refractivity contribution in [3.8, 4) is 0 Å². The minimum absolute atomic E-state index is 0.0273. The molecule has 5 nitrogen and oxygen atoms in total. The standard InChI is InChI=1S/C21H20N2O3/c1-13(20-12-16-5-3-4-6-19(16)26-20)22-21(25)17-7-8-18-15(11-17)9-10-23(18)14(2)24/h3-8,11-13H,9-10H2,1-2H3,(H,22,25)/t13-/m1/s1. The Morgan fingerprint density at radius 3 is 2.73 bits per heavy atom. The van der Waals surface area contributed by atoms with Crippen LogP contribution in [0.2, 0.25) is 0 Å². The molecule has 0 saturated carbocycles. The van der Waals surface area contributed by atoms with Crippen LogP contribution in [-0.2, 0) is 11.2 Å². The van der Waals surface area contributed by atoms with Crippen molar-refractivity contribution >= 4 is 28.5 Å². The van der Waals surface area contributed by atoms with Gasteiger partial charge in [-0.3, -0.25) is 9.59 Å². The predicted molar refractivity (Wildman–Crippen MR) is 100 cm³/mol. The highest BCUT2D eigenvalue weighted by Crippen LogP contribution is 2.29. The monoisotopic (exact) mass is 348 g/mol. The van der Waals surface area contributed by atoms with E-state index >= 15 is 0 Å². The van der Waals surface area contributed by atoms with Gasteiger partial charge in [-0.2, -0.15) is 0 Å². The maximum absolute atomic E-state index is 12.6. The van der Waals surface area contributed by atoms with E-state index in [2.05, 4.69) is 5.32 Å². The van der Waals surface area contributed by atoms with Crippen LogP contribution in [0, 0.1) is 0 Å². The molecule has 0 spiro atoms. The Balaban J connectivity index is 1.52. The third-order valence-electron chi connectivity index (χ3n) is 4.84. The molecule has 1 atom stereocenters. The largest absolute Gasteiger partial charge is 0.459 e. The molecule has 1 aliphatic heterocycles. The van der Waals surface area contributed by atoms with Crippen LogP contribution in [0.1, 0.15) is 41.6 Å². The summed E-state index contributed by atoms with van der Waals surface area (Å²) in [5, 5.41) is 4.00. The highest BCUT2D eigenvalue weighted by molar-refractivity contribution is 5.98. The number of nitrogens with one attached hydrogen (secondary N) is 1. The topological polar surface area (TPSA) is 62.6 Å². The number of nitrogens with zero attached hydrogens (tertiary/aromatic N) is 1. The van der Waals surface area contributed by atoms with Gasteiger partial charge in [0.2, 0.25) is 5.91 Å². The lowest BCUT2D eigenvalue weighted by Gasteiger charge is -2.15. The average Bonchev–Trinajstić information content (AvgIpc) is 3.25. The smallest absolute Gasteiger partial charge is 0.251 e. The summed E-state index contributed by atoms with van der Waals surface area (Å²) in [4.78, 5) is 26.0. The Labute approximate surface area is 151 Å². The molecule has 2 amide bonds. The van der Waals surface area contributed by atoms with Crippen molar-refractivity contribution in [3.63, 3.8) is 0 Å². The lowest BCUT2D eigenvalue weighted by Crippen LogP contribution is -2.27. The summed E-state index contributed by atoms with van der Waals surface area (Å²) < 4.78 is 5.82. The van der Waals surface area contributed by atoms with Crippen molar-refractivity contribution in [3.05, 3.63) is 65.4 Å². The van der Waals surface area contributed by atoms with Gasteiger partial charge in [0.1, 0.15) is 11.3 Å². The fourth-order valence-corrected chi connectivity index (χ4v) is 3.44. The number of carbonyl (C=O) groups excluding carboxylic acids is 2. The first-order valence-corrected chi connectivity index (χ1v) is 8.73. The molecule has 0 unspecified atom stereocenters. The van der Waals surface area contributed by atoms with Gasteiger partial charge in [0.25, 0.3) is 5.91 Å². The lowest BCUT2D eigenvalue weighted by molar-refractivity contribution is -0.116. The molecular formula is C21H20N2O3. The third kappa shape index (κ3) is 2.86. The van der Waals surface area contributed by atoms with Crippen LogP contribution in [0.25, 0.3) is 11.0 Å². The van der Waals surface area contributed by atoms with Gasteiger partial charge in [0, 0.05) is 30.1 Å². The molecule has 26 heavy (non-hydrogen) atoms. The van der Waals surface area contributed by atoms with E-state index in [9.17, 15) is 9.59 Å². The van der Waals surface area contributed by atoms with E-state index < -0.39 is 0 Å². The molecule has 0 bridgehead atoms. The van der Waals surface area contributed by atoms with Crippen molar-refractivity contribution in [2.45, 2.75) is 26.3 Å². The summed E-state index contributed by atoms with van der Waals surface area (Å²) >= 11 is 0. The van der Waals surface area contributed by atoms with Crippen molar-refractivity contribution in [1.82, 2.24) is 5.32 Å². The van der Waals surface area contributed by atoms with Gasteiger partial charge in [-0.25, -0.2) is 0 Å². The summed E-state index contributed by atoms with van der Waals surface area (Å²) in [5.74, 6) is 0.602. The average molecular weight is 348 g/mol. The SMILES string of the molecule is CC(=O)N1CCc2cc(C(=O)N[C@H](C)c3cc4ccccc4o3)ccc21. The van der Waals surface area contributed by atoms with E-state index in [1.165, 1.54) is 0 Å². The van der Waals surface area contributed by atoms with Crippen LogP contribution in [0.3, 0.4) is 0 Å². The van der Waals surface area contributed by atoms with E-state index in [0.29, 0.717) is 12.1 Å². The van der Waals surface area contributed by atoms with Crippen LogP contribution in [0.5, 0.6) is 0 Å². The number of carbonyl (C=O) groups is 2. The summed E-state index contributed by atoms with van der Waals surface area (Å²) in [5.41, 5.74) is 3.34. The molecule has 132 valence electrons. The zero-order chi connectivity index (χ0) is 18.3. The number of hydrogen-bond donors (Lipinski definition) is 1. The van der Waals surface area contributed by atoms with Crippen LogP contribution in [0.4, 0.5) is 5.69 Å². The molecule has 0 radical (unpaired) electrons. The molecular weight excluding hydrogens is 328 g/mol. The van der Waals surface area contributed by atoms with Crippen molar-refractivity contribution < 1.29 is 14.0 Å². The van der Waals surface area contributed by atoms with E-state index in [1.807, 2.05) is 49.4 Å². The van der Waals surface area contributed by atoms with E-state index in [-0.39, 0.29) is 17.9 Å². The first kappa shape index (κ1) is 16.4. The number of anilines is 1. The molecule has 3 aromatic rings. The van der Waals surface area contributed by atoms with Gasteiger partial charge in [0.15, 0.2) is 0 Å². The molecule has 1 N–H and O–H groups in total. The fourth-order valence-electron chi connectivity index (χ4n) is 3.44. The maximum Gasteiger partial charge on any atom is 0.251 e. The summed E-state index contributed by atoms with van der Waals surface area (Å²) in [7, 11) is 0. The molecule has 1 aromatic heterocycles. The molecule has 4 rings (SSSR count). The van der Waals surface area contributed by atoms with Gasteiger partial charge in [-0.15, -0.1) is 0 Å². The Morgan fingerprint density at radius 2 is 1.96 bits per heavy atom. The minimum Gasteiger partial charge on any atom is -0.459 e. The van der Waals surface area contributed by atoms with E-state index in [1.54, 1.807) is 17.9 Å². The first-order valence-electron chi connectivity index (χ1n) is 8.73. The quantitative estimate of drug-likeness (QED) is 0.782. The molecule has 2 aromatic carbocycles. The molecule has 5 heteroatoms.